The number of nitrogens with zero attached hydrogens (tertiary/aromatic N) is 4. The van der Waals surface area contributed by atoms with Crippen LogP contribution in [-0.2, 0) is 6.18 Å². The lowest BCUT2D eigenvalue weighted by Gasteiger charge is -2.37. The van der Waals surface area contributed by atoms with Gasteiger partial charge in [-0.25, -0.2) is 9.97 Å². The second-order valence-corrected chi connectivity index (χ2v) is 7.59. The molecule has 1 saturated heterocycles. The van der Waals surface area contributed by atoms with Gasteiger partial charge in [-0.05, 0) is 43.5 Å². The van der Waals surface area contributed by atoms with Crippen molar-refractivity contribution in [3.63, 3.8) is 0 Å². The number of carbonyl (C=O) groups is 1. The zero-order valence-corrected chi connectivity index (χ0v) is 17.2. The van der Waals surface area contributed by atoms with Crippen molar-refractivity contribution in [2.75, 3.05) is 18.0 Å². The average molecular weight is 441 g/mol. The van der Waals surface area contributed by atoms with Crippen LogP contribution in [0.25, 0.3) is 11.4 Å². The van der Waals surface area contributed by atoms with Crippen molar-refractivity contribution < 1.29 is 18.0 Å². The summed E-state index contributed by atoms with van der Waals surface area (Å²) in [5.41, 5.74) is 0.00136. The second-order valence-electron chi connectivity index (χ2n) is 7.59. The number of alkyl halides is 3. The minimum absolute atomic E-state index is 0.00475. The normalized spacial score (nSPS) is 16.6. The molecule has 1 aromatic carbocycles. The topological polar surface area (TPSA) is 71.0 Å². The number of aromatic nitrogens is 3. The van der Waals surface area contributed by atoms with Crippen molar-refractivity contribution >= 4 is 11.7 Å². The van der Waals surface area contributed by atoms with E-state index in [1.807, 2.05) is 11.0 Å². The first-order chi connectivity index (χ1) is 15.4. The molecule has 4 rings (SSSR count). The van der Waals surface area contributed by atoms with E-state index < -0.39 is 11.9 Å². The first-order valence-electron chi connectivity index (χ1n) is 10.4. The maximum Gasteiger partial charge on any atom is 0.433 e. The molecule has 2 aromatic heterocycles. The van der Waals surface area contributed by atoms with Crippen LogP contribution in [-0.4, -0.2) is 40.0 Å². The van der Waals surface area contributed by atoms with Crippen molar-refractivity contribution in [3.05, 3.63) is 72.2 Å². The van der Waals surface area contributed by atoms with Gasteiger partial charge < -0.3 is 10.2 Å². The van der Waals surface area contributed by atoms with E-state index in [1.54, 1.807) is 36.4 Å². The van der Waals surface area contributed by atoms with Crippen molar-refractivity contribution in [1.29, 1.82) is 0 Å². The molecule has 1 fully saturated rings. The number of hydrogen-bond acceptors (Lipinski definition) is 5. The summed E-state index contributed by atoms with van der Waals surface area (Å²) in [6.45, 7) is 0.861. The number of halogens is 3. The Morgan fingerprint density at radius 3 is 2.53 bits per heavy atom. The monoisotopic (exact) mass is 441 g/mol. The molecule has 1 N–H and O–H groups in total. The third-order valence-corrected chi connectivity index (χ3v) is 5.40. The Kier molecular flexibility index (Phi) is 6.34. The number of anilines is 1. The first kappa shape index (κ1) is 21.7. The number of benzene rings is 1. The number of rotatable bonds is 5. The van der Waals surface area contributed by atoms with E-state index >= 15 is 0 Å². The zero-order valence-electron chi connectivity index (χ0n) is 17.2. The van der Waals surface area contributed by atoms with E-state index in [2.05, 4.69) is 20.3 Å². The Morgan fingerprint density at radius 2 is 1.81 bits per heavy atom. The molecule has 0 spiro atoms. The number of nitrogens with one attached hydrogen (secondary N) is 1. The summed E-state index contributed by atoms with van der Waals surface area (Å²) in [5.74, 6) is -0.0140. The molecule has 0 saturated carbocycles. The highest BCUT2D eigenvalue weighted by Crippen LogP contribution is 2.33. The fourth-order valence-electron chi connectivity index (χ4n) is 3.77. The molecule has 0 bridgehead atoms. The van der Waals surface area contributed by atoms with Gasteiger partial charge in [-0.1, -0.05) is 18.2 Å². The first-order valence-corrected chi connectivity index (χ1v) is 10.4. The standard InChI is InChI=1S/C23H22F3N5O/c24-23(25,26)19-14-20(30-21(29-19)16-9-11-27-12-10-16)31-13-5-4-8-18(31)15-28-22(32)17-6-2-1-3-7-17/h1-3,6-7,9-12,14,18H,4-5,8,13,15H2,(H,28,32). The van der Waals surface area contributed by atoms with Gasteiger partial charge in [-0.15, -0.1) is 0 Å². The summed E-state index contributed by atoms with van der Waals surface area (Å²) in [4.78, 5) is 26.4. The quantitative estimate of drug-likeness (QED) is 0.638. The predicted octanol–water partition coefficient (Wildman–Crippen LogP) is 4.35. The van der Waals surface area contributed by atoms with Crippen LogP contribution in [0, 0.1) is 0 Å². The lowest BCUT2D eigenvalue weighted by Crippen LogP contribution is -2.47. The minimum Gasteiger partial charge on any atom is -0.352 e. The molecular formula is C23H22F3N5O. The van der Waals surface area contributed by atoms with Crippen molar-refractivity contribution in [1.82, 2.24) is 20.3 Å². The molecule has 166 valence electrons. The van der Waals surface area contributed by atoms with Crippen LogP contribution in [0.15, 0.2) is 60.9 Å². The maximum absolute atomic E-state index is 13.6. The Bertz CT molecular complexity index is 1060. The van der Waals surface area contributed by atoms with Crippen LogP contribution in [0.2, 0.25) is 0 Å². The Labute approximate surface area is 183 Å². The van der Waals surface area contributed by atoms with Crippen molar-refractivity contribution in [2.24, 2.45) is 0 Å². The fourth-order valence-corrected chi connectivity index (χ4v) is 3.77. The second kappa shape index (κ2) is 9.33. The molecule has 1 aliphatic rings. The largest absolute Gasteiger partial charge is 0.433 e. The lowest BCUT2D eigenvalue weighted by molar-refractivity contribution is -0.141. The highest BCUT2D eigenvalue weighted by Gasteiger charge is 2.35. The molecule has 6 nitrogen and oxygen atoms in total. The zero-order chi connectivity index (χ0) is 22.6. The van der Waals surface area contributed by atoms with E-state index in [1.165, 1.54) is 12.4 Å². The van der Waals surface area contributed by atoms with Crippen LogP contribution >= 0.6 is 0 Å². The van der Waals surface area contributed by atoms with Gasteiger partial charge in [0, 0.05) is 48.7 Å². The van der Waals surface area contributed by atoms with E-state index in [0.717, 1.165) is 25.3 Å². The van der Waals surface area contributed by atoms with Crippen LogP contribution in [0.4, 0.5) is 19.0 Å². The number of pyridine rings is 1. The average Bonchev–Trinajstić information content (AvgIpc) is 2.83. The summed E-state index contributed by atoms with van der Waals surface area (Å²) in [6.07, 6.45) is 0.871. The predicted molar refractivity (Wildman–Crippen MR) is 114 cm³/mol. The number of carbonyl (C=O) groups excluding carboxylic acids is 1. The van der Waals surface area contributed by atoms with Crippen LogP contribution < -0.4 is 10.2 Å². The SMILES string of the molecule is O=C(NCC1CCCCN1c1cc(C(F)(F)F)nc(-c2ccncc2)n1)c1ccccc1. The summed E-state index contributed by atoms with van der Waals surface area (Å²) in [5, 5.41) is 2.91. The van der Waals surface area contributed by atoms with Gasteiger partial charge in [-0.3, -0.25) is 9.78 Å². The van der Waals surface area contributed by atoms with E-state index in [9.17, 15) is 18.0 Å². The number of piperidine rings is 1. The van der Waals surface area contributed by atoms with Gasteiger partial charge in [0.25, 0.3) is 5.91 Å². The number of amides is 1. The summed E-state index contributed by atoms with van der Waals surface area (Å²) >= 11 is 0. The molecular weight excluding hydrogens is 419 g/mol. The van der Waals surface area contributed by atoms with E-state index in [-0.39, 0.29) is 23.6 Å². The summed E-state index contributed by atoms with van der Waals surface area (Å²) in [7, 11) is 0. The molecule has 1 aliphatic heterocycles. The smallest absolute Gasteiger partial charge is 0.352 e. The van der Waals surface area contributed by atoms with E-state index in [4.69, 9.17) is 0 Å². The summed E-state index contributed by atoms with van der Waals surface area (Å²) in [6, 6.07) is 12.8. The van der Waals surface area contributed by atoms with Gasteiger partial charge in [0.2, 0.25) is 0 Å². The Balaban J connectivity index is 1.61. The van der Waals surface area contributed by atoms with Crippen LogP contribution in [0.3, 0.4) is 0 Å². The molecule has 3 heterocycles. The highest BCUT2D eigenvalue weighted by atomic mass is 19.4. The molecule has 3 aromatic rings. The van der Waals surface area contributed by atoms with Crippen LogP contribution in [0.5, 0.6) is 0 Å². The van der Waals surface area contributed by atoms with Crippen LogP contribution in [0.1, 0.15) is 35.3 Å². The fraction of sp³-hybridized carbons (Fsp3) is 0.304. The third kappa shape index (κ3) is 5.04. The van der Waals surface area contributed by atoms with Crippen molar-refractivity contribution in [2.45, 2.75) is 31.5 Å². The summed E-state index contributed by atoms with van der Waals surface area (Å²) < 4.78 is 40.8. The lowest BCUT2D eigenvalue weighted by atomic mass is 10.0. The maximum atomic E-state index is 13.6. The van der Waals surface area contributed by atoms with Gasteiger partial charge in [0.05, 0.1) is 0 Å². The molecule has 0 aliphatic carbocycles. The highest BCUT2D eigenvalue weighted by molar-refractivity contribution is 5.94. The molecule has 32 heavy (non-hydrogen) atoms. The number of hydrogen-bond donors (Lipinski definition) is 1. The van der Waals surface area contributed by atoms with Gasteiger partial charge >= 0.3 is 6.18 Å². The minimum atomic E-state index is -4.60. The molecule has 9 heteroatoms. The van der Waals surface area contributed by atoms with Crippen molar-refractivity contribution in [3.8, 4) is 11.4 Å². The van der Waals surface area contributed by atoms with Gasteiger partial charge in [-0.2, -0.15) is 13.2 Å². The van der Waals surface area contributed by atoms with E-state index in [0.29, 0.717) is 24.2 Å². The molecule has 1 unspecified atom stereocenters. The van der Waals surface area contributed by atoms with Gasteiger partial charge in [0.1, 0.15) is 5.82 Å². The molecule has 0 radical (unpaired) electrons. The Morgan fingerprint density at radius 1 is 1.06 bits per heavy atom. The third-order valence-electron chi connectivity index (χ3n) is 5.40. The Hall–Kier alpha value is -3.49. The molecule has 1 atom stereocenters. The molecule has 1 amide bonds. The van der Waals surface area contributed by atoms with Gasteiger partial charge in [0.15, 0.2) is 11.5 Å².